The van der Waals surface area contributed by atoms with Crippen molar-refractivity contribution in [1.29, 1.82) is 0 Å². The first-order valence-electron chi connectivity index (χ1n) is 3.64. The van der Waals surface area contributed by atoms with Crippen molar-refractivity contribution in [2.45, 2.75) is 12.8 Å². The molecule has 0 saturated carbocycles. The second-order valence-electron chi connectivity index (χ2n) is 2.38. The Morgan fingerprint density at radius 3 is 2.64 bits per heavy atom. The van der Waals surface area contributed by atoms with Gasteiger partial charge in [0.25, 0.3) is 0 Å². The van der Waals surface area contributed by atoms with Crippen LogP contribution in [0.1, 0.15) is 12.0 Å². The lowest BCUT2D eigenvalue weighted by atomic mass is 10.1. The average molecular weight is 325 g/mol. The van der Waals surface area contributed by atoms with E-state index in [4.69, 9.17) is 0 Å². The Labute approximate surface area is 89.7 Å². The van der Waals surface area contributed by atoms with Gasteiger partial charge >= 0.3 is 0 Å². The minimum Gasteiger partial charge on any atom is -0.0928 e. The van der Waals surface area contributed by atoms with Crippen molar-refractivity contribution in [3.8, 4) is 0 Å². The Bertz CT molecular complexity index is 223. The molecule has 0 atom stereocenters. The largest absolute Gasteiger partial charge is 0.0928 e. The van der Waals surface area contributed by atoms with Gasteiger partial charge in [0.1, 0.15) is 0 Å². The Morgan fingerprint density at radius 2 is 2.00 bits per heavy atom. The molecule has 1 rings (SSSR count). The molecule has 0 amide bonds. The fourth-order valence-corrected chi connectivity index (χ4v) is 1.90. The molecule has 0 spiro atoms. The Balaban J connectivity index is 2.62. The molecule has 0 nitrogen and oxygen atoms in total. The van der Waals surface area contributed by atoms with Gasteiger partial charge in [0, 0.05) is 8.90 Å². The molecule has 11 heavy (non-hydrogen) atoms. The van der Waals surface area contributed by atoms with Crippen LogP contribution in [0.4, 0.5) is 0 Å². The summed E-state index contributed by atoms with van der Waals surface area (Å²) in [6.07, 6.45) is 2.41. The van der Waals surface area contributed by atoms with Crippen LogP contribution in [-0.2, 0) is 6.42 Å². The molecule has 0 unspecified atom stereocenters. The van der Waals surface area contributed by atoms with E-state index in [1.807, 2.05) is 0 Å². The predicted octanol–water partition coefficient (Wildman–Crippen LogP) is 3.62. The van der Waals surface area contributed by atoms with Crippen LogP contribution in [0.5, 0.6) is 0 Å². The van der Waals surface area contributed by atoms with E-state index in [1.54, 1.807) is 0 Å². The van der Waals surface area contributed by atoms with Gasteiger partial charge in [0.15, 0.2) is 0 Å². The van der Waals surface area contributed by atoms with Gasteiger partial charge in [-0.15, -0.1) is 0 Å². The number of alkyl halides is 1. The van der Waals surface area contributed by atoms with Crippen molar-refractivity contribution in [3.05, 3.63) is 33.4 Å². The van der Waals surface area contributed by atoms with Crippen LogP contribution in [-0.4, -0.2) is 5.33 Å². The number of aryl methyl sites for hydroxylation is 1. The first kappa shape index (κ1) is 9.52. The molecule has 1 aromatic carbocycles. The van der Waals surface area contributed by atoms with Crippen LogP contribution in [0.2, 0.25) is 0 Å². The molecule has 0 aromatic heterocycles. The van der Waals surface area contributed by atoms with Crippen LogP contribution < -0.4 is 0 Å². The van der Waals surface area contributed by atoms with Gasteiger partial charge in [0.05, 0.1) is 0 Å². The number of benzene rings is 1. The summed E-state index contributed by atoms with van der Waals surface area (Å²) in [5, 5.41) is 1.10. The maximum absolute atomic E-state index is 3.43. The van der Waals surface area contributed by atoms with Gasteiger partial charge in [-0.3, -0.25) is 0 Å². The van der Waals surface area contributed by atoms with E-state index in [0.717, 1.165) is 5.33 Å². The third-order valence-electron chi connectivity index (χ3n) is 1.54. The lowest BCUT2D eigenvalue weighted by Gasteiger charge is -2.00. The van der Waals surface area contributed by atoms with E-state index in [9.17, 15) is 0 Å². The van der Waals surface area contributed by atoms with Crippen LogP contribution in [0, 0.1) is 3.57 Å². The highest BCUT2D eigenvalue weighted by Crippen LogP contribution is 2.13. The molecule has 0 N–H and O–H groups in total. The Kier molecular flexibility index (Phi) is 4.45. The summed E-state index contributed by atoms with van der Waals surface area (Å²) >= 11 is 5.81. The third kappa shape index (κ3) is 3.11. The quantitative estimate of drug-likeness (QED) is 0.588. The second-order valence-corrected chi connectivity index (χ2v) is 4.34. The zero-order valence-corrected chi connectivity index (χ0v) is 9.93. The monoisotopic (exact) mass is 324 g/mol. The van der Waals surface area contributed by atoms with Crippen molar-refractivity contribution in [3.63, 3.8) is 0 Å². The number of hydrogen-bond acceptors (Lipinski definition) is 0. The molecule has 0 aliphatic rings. The van der Waals surface area contributed by atoms with Gasteiger partial charge < -0.3 is 0 Å². The van der Waals surface area contributed by atoms with Crippen molar-refractivity contribution in [2.24, 2.45) is 0 Å². The van der Waals surface area contributed by atoms with Crippen LogP contribution >= 0.6 is 38.5 Å². The van der Waals surface area contributed by atoms with Gasteiger partial charge in [0.2, 0.25) is 0 Å². The summed E-state index contributed by atoms with van der Waals surface area (Å²) in [6, 6.07) is 8.54. The standard InChI is InChI=1S/C9H10BrI/c10-7-3-5-8-4-1-2-6-9(8)11/h1-2,4,6H,3,5,7H2. The summed E-state index contributed by atoms with van der Waals surface area (Å²) in [5.74, 6) is 0. The highest BCUT2D eigenvalue weighted by Gasteiger charge is 1.95. The summed E-state index contributed by atoms with van der Waals surface area (Å²) < 4.78 is 1.38. The molecule has 60 valence electrons. The van der Waals surface area contributed by atoms with E-state index in [1.165, 1.54) is 22.0 Å². The molecule has 2 heteroatoms. The summed E-state index contributed by atoms with van der Waals surface area (Å²) in [7, 11) is 0. The molecular formula is C9H10BrI. The molecule has 0 aliphatic heterocycles. The topological polar surface area (TPSA) is 0 Å². The highest BCUT2D eigenvalue weighted by molar-refractivity contribution is 14.1. The SMILES string of the molecule is BrCCCc1ccccc1I. The fraction of sp³-hybridized carbons (Fsp3) is 0.333. The number of rotatable bonds is 3. The molecule has 0 bridgehead atoms. The molecule has 1 aromatic rings. The zero-order valence-electron chi connectivity index (χ0n) is 6.19. The lowest BCUT2D eigenvalue weighted by Crippen LogP contribution is -1.88. The summed E-state index contributed by atoms with van der Waals surface area (Å²) in [6.45, 7) is 0. The molecular weight excluding hydrogens is 315 g/mol. The van der Waals surface area contributed by atoms with Gasteiger partial charge in [-0.2, -0.15) is 0 Å². The smallest absolute Gasteiger partial charge is 0.0162 e. The normalized spacial score (nSPS) is 10.0. The predicted molar refractivity (Wildman–Crippen MR) is 61.3 cm³/mol. The van der Waals surface area contributed by atoms with E-state index in [-0.39, 0.29) is 0 Å². The van der Waals surface area contributed by atoms with Gasteiger partial charge in [-0.1, -0.05) is 34.1 Å². The van der Waals surface area contributed by atoms with E-state index < -0.39 is 0 Å². The molecule has 0 heterocycles. The van der Waals surface area contributed by atoms with Gasteiger partial charge in [-0.25, -0.2) is 0 Å². The van der Waals surface area contributed by atoms with Crippen molar-refractivity contribution in [2.75, 3.05) is 5.33 Å². The van der Waals surface area contributed by atoms with Crippen LogP contribution in [0.3, 0.4) is 0 Å². The summed E-state index contributed by atoms with van der Waals surface area (Å²) in [5.41, 5.74) is 1.47. The Morgan fingerprint density at radius 1 is 1.27 bits per heavy atom. The number of hydrogen-bond donors (Lipinski definition) is 0. The van der Waals surface area contributed by atoms with Crippen LogP contribution in [0.25, 0.3) is 0 Å². The van der Waals surface area contributed by atoms with Gasteiger partial charge in [-0.05, 0) is 47.1 Å². The molecule has 0 fully saturated rings. The van der Waals surface area contributed by atoms with Crippen molar-refractivity contribution in [1.82, 2.24) is 0 Å². The van der Waals surface area contributed by atoms with E-state index in [0.29, 0.717) is 0 Å². The maximum Gasteiger partial charge on any atom is 0.0162 e. The van der Waals surface area contributed by atoms with E-state index in [2.05, 4.69) is 62.8 Å². The zero-order chi connectivity index (χ0) is 8.10. The fourth-order valence-electron chi connectivity index (χ4n) is 0.958. The minimum absolute atomic E-state index is 1.10. The molecule has 0 aliphatic carbocycles. The van der Waals surface area contributed by atoms with Crippen molar-refractivity contribution >= 4 is 38.5 Å². The maximum atomic E-state index is 3.43. The minimum atomic E-state index is 1.10. The third-order valence-corrected chi connectivity index (χ3v) is 3.15. The average Bonchev–Trinajstić information content (AvgIpc) is 2.03. The number of halogens is 2. The van der Waals surface area contributed by atoms with Crippen molar-refractivity contribution < 1.29 is 0 Å². The Hall–Kier alpha value is 0.430. The first-order chi connectivity index (χ1) is 5.34. The molecule has 0 saturated heterocycles. The second kappa shape index (κ2) is 5.14. The highest BCUT2D eigenvalue weighted by atomic mass is 127. The van der Waals surface area contributed by atoms with E-state index >= 15 is 0 Å². The van der Waals surface area contributed by atoms with Crippen LogP contribution in [0.15, 0.2) is 24.3 Å². The summed E-state index contributed by atoms with van der Waals surface area (Å²) in [4.78, 5) is 0. The first-order valence-corrected chi connectivity index (χ1v) is 5.84. The lowest BCUT2D eigenvalue weighted by molar-refractivity contribution is 0.934. The molecule has 0 radical (unpaired) electrons.